The summed E-state index contributed by atoms with van der Waals surface area (Å²) in [6.45, 7) is 8.35. The van der Waals surface area contributed by atoms with E-state index in [0.29, 0.717) is 17.7 Å². The van der Waals surface area contributed by atoms with Gasteiger partial charge in [-0.15, -0.1) is 11.3 Å². The molecular formula is C26H29NO3S2. The zero-order valence-electron chi connectivity index (χ0n) is 18.9. The second-order valence-electron chi connectivity index (χ2n) is 9.01. The summed E-state index contributed by atoms with van der Waals surface area (Å²) in [6.07, 6.45) is 1.81. The first-order valence-corrected chi connectivity index (χ1v) is 12.7. The number of cyclic esters (lactones) is 1. The predicted octanol–water partition coefficient (Wildman–Crippen LogP) is 7.26. The zero-order valence-corrected chi connectivity index (χ0v) is 20.6. The van der Waals surface area contributed by atoms with Crippen molar-refractivity contribution in [1.82, 2.24) is 4.98 Å². The fraction of sp³-hybridized carbons (Fsp3) is 0.385. The standard InChI is InChI=1S/C26H29NO3S2/c1-16(2)19-12-20-23(31-15-27-20)13-22(19)32-24-21(28)14-26(17(3)4,30-25(24)29)11-10-18-8-6-5-7-9-18/h5-9,12-13,15-17,28H,10-11,14H2,1-4H3. The van der Waals surface area contributed by atoms with Crippen LogP contribution in [0.4, 0.5) is 0 Å². The molecule has 0 radical (unpaired) electrons. The number of esters is 1. The first kappa shape index (κ1) is 22.9. The number of thioether (sulfide) groups is 1. The summed E-state index contributed by atoms with van der Waals surface area (Å²) < 4.78 is 7.17. The summed E-state index contributed by atoms with van der Waals surface area (Å²) in [7, 11) is 0. The number of hydrogen-bond donors (Lipinski definition) is 1. The summed E-state index contributed by atoms with van der Waals surface area (Å²) >= 11 is 2.89. The number of benzene rings is 2. The van der Waals surface area contributed by atoms with Gasteiger partial charge in [0.1, 0.15) is 16.3 Å². The first-order chi connectivity index (χ1) is 15.3. The molecule has 4 rings (SSSR count). The number of thiazole rings is 1. The lowest BCUT2D eigenvalue weighted by atomic mass is 9.80. The van der Waals surface area contributed by atoms with E-state index in [2.05, 4.69) is 56.9 Å². The number of nitrogens with zero attached hydrogens (tertiary/aromatic N) is 1. The van der Waals surface area contributed by atoms with E-state index in [1.54, 1.807) is 11.3 Å². The smallest absolute Gasteiger partial charge is 0.349 e. The third-order valence-corrected chi connectivity index (χ3v) is 8.21. The van der Waals surface area contributed by atoms with Crippen LogP contribution in [0.25, 0.3) is 10.2 Å². The van der Waals surface area contributed by atoms with Gasteiger partial charge in [-0.2, -0.15) is 0 Å². The summed E-state index contributed by atoms with van der Waals surface area (Å²) in [5.41, 5.74) is 4.41. The Balaban J connectivity index is 1.62. The molecule has 1 unspecified atom stereocenters. The number of carbonyl (C=O) groups excluding carboxylic acids is 1. The summed E-state index contributed by atoms with van der Waals surface area (Å²) in [4.78, 5) is 18.9. The lowest BCUT2D eigenvalue weighted by molar-refractivity contribution is -0.164. The van der Waals surface area contributed by atoms with Crippen LogP contribution in [0, 0.1) is 5.92 Å². The number of hydrogen-bond acceptors (Lipinski definition) is 6. The lowest BCUT2D eigenvalue weighted by Crippen LogP contribution is -2.44. The lowest BCUT2D eigenvalue weighted by Gasteiger charge is -2.40. The van der Waals surface area contributed by atoms with Crippen LogP contribution in [0.1, 0.15) is 57.6 Å². The maximum absolute atomic E-state index is 13.2. The average molecular weight is 468 g/mol. The Labute approximate surface area is 197 Å². The molecule has 3 aromatic rings. The fourth-order valence-electron chi connectivity index (χ4n) is 4.15. The molecular weight excluding hydrogens is 438 g/mol. The molecule has 0 amide bonds. The van der Waals surface area contributed by atoms with E-state index in [1.807, 2.05) is 23.7 Å². The van der Waals surface area contributed by atoms with Crippen LogP contribution in [0.15, 0.2) is 63.5 Å². The van der Waals surface area contributed by atoms with Crippen molar-refractivity contribution in [3.8, 4) is 0 Å². The maximum Gasteiger partial charge on any atom is 0.349 e. The molecule has 2 aromatic carbocycles. The van der Waals surface area contributed by atoms with Gasteiger partial charge in [0, 0.05) is 11.3 Å². The molecule has 1 N–H and O–H groups in total. The molecule has 0 fully saturated rings. The van der Waals surface area contributed by atoms with Gasteiger partial charge >= 0.3 is 5.97 Å². The van der Waals surface area contributed by atoms with Crippen molar-refractivity contribution in [1.29, 1.82) is 0 Å². The molecule has 1 aliphatic rings. The number of aliphatic hydroxyl groups excluding tert-OH is 1. The van der Waals surface area contributed by atoms with E-state index in [-0.39, 0.29) is 17.6 Å². The number of ether oxygens (including phenoxy) is 1. The van der Waals surface area contributed by atoms with Crippen molar-refractivity contribution < 1.29 is 14.6 Å². The van der Waals surface area contributed by atoms with Gasteiger partial charge in [-0.05, 0) is 47.9 Å². The third-order valence-electron chi connectivity index (χ3n) is 6.24. The van der Waals surface area contributed by atoms with Gasteiger partial charge < -0.3 is 9.84 Å². The Hall–Kier alpha value is -2.31. The van der Waals surface area contributed by atoms with Gasteiger partial charge in [0.15, 0.2) is 0 Å². The molecule has 2 heterocycles. The second-order valence-corrected chi connectivity index (χ2v) is 11.0. The van der Waals surface area contributed by atoms with Crippen LogP contribution >= 0.6 is 23.1 Å². The third kappa shape index (κ3) is 4.57. The molecule has 168 valence electrons. The number of carbonyl (C=O) groups is 1. The first-order valence-electron chi connectivity index (χ1n) is 11.0. The van der Waals surface area contributed by atoms with Gasteiger partial charge in [-0.25, -0.2) is 9.78 Å². The van der Waals surface area contributed by atoms with Crippen molar-refractivity contribution in [2.75, 3.05) is 0 Å². The normalized spacial score (nSPS) is 19.2. The number of aryl methyl sites for hydroxylation is 1. The van der Waals surface area contributed by atoms with E-state index in [9.17, 15) is 9.90 Å². The Kier molecular flexibility index (Phi) is 6.63. The van der Waals surface area contributed by atoms with Crippen molar-refractivity contribution in [2.24, 2.45) is 5.92 Å². The van der Waals surface area contributed by atoms with Crippen molar-refractivity contribution >= 4 is 39.3 Å². The summed E-state index contributed by atoms with van der Waals surface area (Å²) in [6, 6.07) is 14.3. The number of aromatic nitrogens is 1. The van der Waals surface area contributed by atoms with Crippen molar-refractivity contribution in [3.05, 3.63) is 69.8 Å². The minimum Gasteiger partial charge on any atom is -0.511 e. The van der Waals surface area contributed by atoms with Crippen LogP contribution < -0.4 is 0 Å². The molecule has 4 nitrogen and oxygen atoms in total. The van der Waals surface area contributed by atoms with Crippen molar-refractivity contribution in [2.45, 2.75) is 63.4 Å². The molecule has 1 aliphatic heterocycles. The predicted molar refractivity (Wildman–Crippen MR) is 132 cm³/mol. The largest absolute Gasteiger partial charge is 0.511 e. The monoisotopic (exact) mass is 467 g/mol. The van der Waals surface area contributed by atoms with E-state index in [4.69, 9.17) is 4.74 Å². The van der Waals surface area contributed by atoms with Crippen LogP contribution in [-0.4, -0.2) is 21.7 Å². The molecule has 0 spiro atoms. The Bertz CT molecular complexity index is 1150. The summed E-state index contributed by atoms with van der Waals surface area (Å²) in [5.74, 6) is 0.0574. The van der Waals surface area contributed by atoms with Crippen LogP contribution in [0.3, 0.4) is 0 Å². The zero-order chi connectivity index (χ0) is 22.9. The Morgan fingerprint density at radius 1 is 1.19 bits per heavy atom. The minimum absolute atomic E-state index is 0.0867. The van der Waals surface area contributed by atoms with E-state index >= 15 is 0 Å². The van der Waals surface area contributed by atoms with Gasteiger partial charge in [0.05, 0.1) is 15.7 Å². The van der Waals surface area contributed by atoms with Crippen LogP contribution in [-0.2, 0) is 16.0 Å². The highest BCUT2D eigenvalue weighted by molar-refractivity contribution is 8.04. The maximum atomic E-state index is 13.2. The van der Waals surface area contributed by atoms with E-state index < -0.39 is 11.6 Å². The quantitative estimate of drug-likeness (QED) is 0.371. The molecule has 32 heavy (non-hydrogen) atoms. The number of aliphatic hydroxyl groups is 1. The second kappa shape index (κ2) is 9.28. The molecule has 0 aliphatic carbocycles. The molecule has 0 saturated heterocycles. The van der Waals surface area contributed by atoms with E-state index in [0.717, 1.165) is 27.1 Å². The van der Waals surface area contributed by atoms with E-state index in [1.165, 1.54) is 17.3 Å². The van der Waals surface area contributed by atoms with Gasteiger partial charge in [0.25, 0.3) is 0 Å². The van der Waals surface area contributed by atoms with Crippen molar-refractivity contribution in [3.63, 3.8) is 0 Å². The Morgan fingerprint density at radius 2 is 1.94 bits per heavy atom. The van der Waals surface area contributed by atoms with Gasteiger partial charge in [-0.3, -0.25) is 0 Å². The molecule has 0 bridgehead atoms. The van der Waals surface area contributed by atoms with Crippen LogP contribution in [0.5, 0.6) is 0 Å². The van der Waals surface area contributed by atoms with Gasteiger partial charge in [0.2, 0.25) is 0 Å². The highest BCUT2D eigenvalue weighted by atomic mass is 32.2. The molecule has 6 heteroatoms. The number of rotatable bonds is 7. The topological polar surface area (TPSA) is 59.4 Å². The minimum atomic E-state index is -0.705. The summed E-state index contributed by atoms with van der Waals surface area (Å²) in [5, 5.41) is 11.0. The average Bonchev–Trinajstić information content (AvgIpc) is 3.22. The SMILES string of the molecule is CC(C)c1cc2ncsc2cc1SC1=C(O)CC(CCc2ccccc2)(C(C)C)OC1=O. The van der Waals surface area contributed by atoms with Crippen LogP contribution in [0.2, 0.25) is 0 Å². The fourth-order valence-corrected chi connectivity index (χ4v) is 6.05. The van der Waals surface area contributed by atoms with Gasteiger partial charge in [-0.1, -0.05) is 69.8 Å². The number of fused-ring (bicyclic) bond motifs is 1. The Morgan fingerprint density at radius 3 is 2.59 bits per heavy atom. The highest BCUT2D eigenvalue weighted by Crippen LogP contribution is 2.45. The molecule has 1 aromatic heterocycles. The molecule has 1 atom stereocenters. The highest BCUT2D eigenvalue weighted by Gasteiger charge is 2.44. The molecule has 0 saturated carbocycles.